The van der Waals surface area contributed by atoms with E-state index in [0.29, 0.717) is 26.1 Å². The summed E-state index contributed by atoms with van der Waals surface area (Å²) in [5.74, 6) is 0.624. The van der Waals surface area contributed by atoms with E-state index in [2.05, 4.69) is 10.2 Å². The topological polar surface area (TPSA) is 61.9 Å². The number of piperidine rings is 1. The van der Waals surface area contributed by atoms with Gasteiger partial charge in [0, 0.05) is 39.0 Å². The number of carbonyl (C=O) groups is 2. The van der Waals surface area contributed by atoms with Crippen molar-refractivity contribution in [2.45, 2.75) is 19.4 Å². The molecule has 6 nitrogen and oxygen atoms in total. The van der Waals surface area contributed by atoms with Crippen LogP contribution in [0.2, 0.25) is 0 Å². The molecule has 1 aliphatic heterocycles. The molecule has 1 aromatic carbocycles. The quantitative estimate of drug-likeness (QED) is 0.812. The highest BCUT2D eigenvalue weighted by molar-refractivity contribution is 5.86. The zero-order valence-corrected chi connectivity index (χ0v) is 14.7. The first-order valence-corrected chi connectivity index (χ1v) is 8.34. The van der Waals surface area contributed by atoms with Gasteiger partial charge in [-0.25, -0.2) is 0 Å². The third-order valence-electron chi connectivity index (χ3n) is 4.23. The molecule has 1 saturated heterocycles. The summed E-state index contributed by atoms with van der Waals surface area (Å²) in [5, 5.41) is 2.92. The molecule has 1 heterocycles. The first-order chi connectivity index (χ1) is 11.5. The maximum atomic E-state index is 12.2. The van der Waals surface area contributed by atoms with Crippen LogP contribution in [0.3, 0.4) is 0 Å². The van der Waals surface area contributed by atoms with E-state index in [-0.39, 0.29) is 17.7 Å². The molecule has 0 aromatic heterocycles. The highest BCUT2D eigenvalue weighted by atomic mass is 16.5. The zero-order valence-electron chi connectivity index (χ0n) is 14.7. The molecule has 6 heteroatoms. The molecule has 1 fully saturated rings. The average molecular weight is 333 g/mol. The van der Waals surface area contributed by atoms with Crippen molar-refractivity contribution in [3.8, 4) is 5.75 Å². The number of likely N-dealkylation sites (N-methyl/N-ethyl adjacent to an activating group) is 1. The minimum Gasteiger partial charge on any atom is -0.492 e. The second kappa shape index (κ2) is 8.68. The van der Waals surface area contributed by atoms with Gasteiger partial charge in [-0.05, 0) is 38.2 Å². The summed E-state index contributed by atoms with van der Waals surface area (Å²) in [4.78, 5) is 27.6. The summed E-state index contributed by atoms with van der Waals surface area (Å²) < 4.78 is 5.64. The van der Waals surface area contributed by atoms with Crippen molar-refractivity contribution in [2.24, 2.45) is 5.92 Å². The molecule has 1 aliphatic rings. The van der Waals surface area contributed by atoms with Crippen molar-refractivity contribution in [2.75, 3.05) is 40.8 Å². The lowest BCUT2D eigenvalue weighted by Crippen LogP contribution is -2.41. The van der Waals surface area contributed by atoms with E-state index in [9.17, 15) is 9.59 Å². The van der Waals surface area contributed by atoms with E-state index in [0.717, 1.165) is 24.3 Å². The monoisotopic (exact) mass is 333 g/mol. The molecule has 0 radical (unpaired) electrons. The van der Waals surface area contributed by atoms with Gasteiger partial charge in [-0.2, -0.15) is 0 Å². The van der Waals surface area contributed by atoms with E-state index < -0.39 is 0 Å². The van der Waals surface area contributed by atoms with Gasteiger partial charge < -0.3 is 19.9 Å². The number of nitrogens with one attached hydrogen (secondary N) is 1. The molecule has 132 valence electrons. The van der Waals surface area contributed by atoms with Gasteiger partial charge in [0.15, 0.2) is 0 Å². The Morgan fingerprint density at radius 2 is 2.04 bits per heavy atom. The molecule has 1 aromatic rings. The predicted octanol–water partition coefficient (Wildman–Crippen LogP) is 1.11. The van der Waals surface area contributed by atoms with Gasteiger partial charge in [0.05, 0.1) is 0 Å². The van der Waals surface area contributed by atoms with E-state index in [4.69, 9.17) is 4.74 Å². The first kappa shape index (κ1) is 18.3. The Hall–Kier alpha value is -2.08. The summed E-state index contributed by atoms with van der Waals surface area (Å²) >= 11 is 0. The van der Waals surface area contributed by atoms with Crippen LogP contribution in [0, 0.1) is 5.92 Å². The van der Waals surface area contributed by atoms with Crippen LogP contribution in [0.25, 0.3) is 0 Å². The Kier molecular flexibility index (Phi) is 6.61. The number of benzene rings is 1. The van der Waals surface area contributed by atoms with Crippen molar-refractivity contribution < 1.29 is 14.3 Å². The van der Waals surface area contributed by atoms with Gasteiger partial charge in [-0.15, -0.1) is 0 Å². The van der Waals surface area contributed by atoms with Gasteiger partial charge in [0.2, 0.25) is 11.8 Å². The van der Waals surface area contributed by atoms with Gasteiger partial charge in [-0.3, -0.25) is 9.59 Å². The normalized spacial score (nSPS) is 17.9. The summed E-state index contributed by atoms with van der Waals surface area (Å²) in [7, 11) is 5.79. The molecule has 1 atom stereocenters. The minimum absolute atomic E-state index is 0.0391. The van der Waals surface area contributed by atoms with Crippen molar-refractivity contribution in [3.05, 3.63) is 29.8 Å². The molecule has 24 heavy (non-hydrogen) atoms. The Balaban J connectivity index is 1.75. The van der Waals surface area contributed by atoms with E-state index >= 15 is 0 Å². The maximum absolute atomic E-state index is 12.2. The van der Waals surface area contributed by atoms with Crippen LogP contribution < -0.4 is 10.1 Å². The second-order valence-electron chi connectivity index (χ2n) is 6.52. The van der Waals surface area contributed by atoms with Crippen LogP contribution in [0.1, 0.15) is 18.4 Å². The highest BCUT2D eigenvalue weighted by Crippen LogP contribution is 2.18. The minimum atomic E-state index is -0.206. The van der Waals surface area contributed by atoms with E-state index in [1.165, 1.54) is 0 Å². The molecule has 2 amide bonds. The van der Waals surface area contributed by atoms with Crippen molar-refractivity contribution >= 4 is 11.8 Å². The number of hydrogen-bond acceptors (Lipinski definition) is 4. The molecule has 2 rings (SSSR count). The smallest absolute Gasteiger partial charge is 0.223 e. The van der Waals surface area contributed by atoms with Gasteiger partial charge in [0.25, 0.3) is 0 Å². The predicted molar refractivity (Wildman–Crippen MR) is 92.7 cm³/mol. The molecule has 0 saturated carbocycles. The van der Waals surface area contributed by atoms with Crippen LogP contribution in [0.5, 0.6) is 5.75 Å². The second-order valence-corrected chi connectivity index (χ2v) is 6.52. The zero-order chi connectivity index (χ0) is 17.5. The van der Waals surface area contributed by atoms with E-state index in [1.807, 2.05) is 38.4 Å². The van der Waals surface area contributed by atoms with Gasteiger partial charge >= 0.3 is 0 Å². The lowest BCUT2D eigenvalue weighted by Gasteiger charge is -2.27. The summed E-state index contributed by atoms with van der Waals surface area (Å²) in [6, 6.07) is 7.72. The molecule has 0 spiro atoms. The number of ether oxygens (including phenoxy) is 1. The number of amides is 2. The van der Waals surface area contributed by atoms with Crippen LogP contribution in [0.4, 0.5) is 0 Å². The Bertz CT molecular complexity index is 557. The molecule has 0 aliphatic carbocycles. The third kappa shape index (κ3) is 5.53. The fraction of sp³-hybridized carbons (Fsp3) is 0.556. The van der Waals surface area contributed by atoms with Crippen molar-refractivity contribution in [1.82, 2.24) is 15.1 Å². The molecule has 1 N–H and O–H groups in total. The largest absolute Gasteiger partial charge is 0.492 e. The van der Waals surface area contributed by atoms with Crippen LogP contribution in [-0.2, 0) is 16.1 Å². The van der Waals surface area contributed by atoms with Gasteiger partial charge in [0.1, 0.15) is 12.4 Å². The number of likely N-dealkylation sites (tertiary alicyclic amines) is 1. The molecular weight excluding hydrogens is 306 g/mol. The number of rotatable bonds is 7. The summed E-state index contributed by atoms with van der Waals surface area (Å²) in [6.07, 6.45) is 1.04. The van der Waals surface area contributed by atoms with Crippen LogP contribution in [0.15, 0.2) is 24.3 Å². The van der Waals surface area contributed by atoms with Gasteiger partial charge in [-0.1, -0.05) is 12.1 Å². The van der Waals surface area contributed by atoms with Crippen LogP contribution >= 0.6 is 0 Å². The summed E-state index contributed by atoms with van der Waals surface area (Å²) in [5.41, 5.74) is 1.02. The molecule has 0 unspecified atom stereocenters. The lowest BCUT2D eigenvalue weighted by atomic mass is 9.95. The lowest BCUT2D eigenvalue weighted by molar-refractivity contribution is -0.139. The Labute approximate surface area is 143 Å². The van der Waals surface area contributed by atoms with Crippen molar-refractivity contribution in [3.63, 3.8) is 0 Å². The number of hydrogen-bond donors (Lipinski definition) is 1. The molecule has 0 bridgehead atoms. The number of carbonyl (C=O) groups excluding carboxylic acids is 2. The fourth-order valence-corrected chi connectivity index (χ4v) is 2.55. The maximum Gasteiger partial charge on any atom is 0.223 e. The summed E-state index contributed by atoms with van der Waals surface area (Å²) in [6.45, 7) is 2.63. The standard InChI is InChI=1S/C18H27N3O3/c1-20(2)10-11-24-16-6-4-14(5-7-16)13-19-18(23)15-8-9-21(3)17(22)12-15/h4-7,15H,8-13H2,1-3H3,(H,19,23)/t15-/m0/s1. The molecular formula is C18H27N3O3. The Morgan fingerprint density at radius 3 is 2.67 bits per heavy atom. The van der Waals surface area contributed by atoms with E-state index in [1.54, 1.807) is 11.9 Å². The first-order valence-electron chi connectivity index (χ1n) is 8.34. The number of nitrogens with zero attached hydrogens (tertiary/aromatic N) is 2. The third-order valence-corrected chi connectivity index (χ3v) is 4.23. The SMILES string of the molecule is CN(C)CCOc1ccc(CNC(=O)[C@H]2CCN(C)C(=O)C2)cc1. The van der Waals surface area contributed by atoms with Crippen LogP contribution in [-0.4, -0.2) is 62.5 Å². The average Bonchev–Trinajstić information content (AvgIpc) is 2.56. The fourth-order valence-electron chi connectivity index (χ4n) is 2.55. The Morgan fingerprint density at radius 1 is 1.33 bits per heavy atom. The highest BCUT2D eigenvalue weighted by Gasteiger charge is 2.28. The van der Waals surface area contributed by atoms with Crippen molar-refractivity contribution in [1.29, 1.82) is 0 Å².